The molecule has 7 heteroatoms. The van der Waals surface area contributed by atoms with Crippen molar-refractivity contribution in [3.05, 3.63) is 94.0 Å². The lowest BCUT2D eigenvalue weighted by atomic mass is 10.0. The van der Waals surface area contributed by atoms with Crippen LogP contribution in [0.3, 0.4) is 0 Å². The Morgan fingerprint density at radius 2 is 1.77 bits per heavy atom. The summed E-state index contributed by atoms with van der Waals surface area (Å²) in [6.45, 7) is 0. The molecule has 0 bridgehead atoms. The molecule has 0 saturated heterocycles. The fourth-order valence-corrected chi connectivity index (χ4v) is 4.33. The Morgan fingerprint density at radius 1 is 0.935 bits per heavy atom. The van der Waals surface area contributed by atoms with Crippen LogP contribution >= 0.6 is 34.5 Å². The van der Waals surface area contributed by atoms with Crippen LogP contribution in [0, 0.1) is 0 Å². The number of carbonyl (C=O) groups is 1. The highest BCUT2D eigenvalue weighted by Crippen LogP contribution is 2.32. The van der Waals surface area contributed by atoms with Gasteiger partial charge in [0.1, 0.15) is 5.76 Å². The van der Waals surface area contributed by atoms with Gasteiger partial charge in [0.05, 0.1) is 15.7 Å². The Kier molecular flexibility index (Phi) is 5.24. The molecule has 5 aromatic rings. The first-order valence-electron chi connectivity index (χ1n) is 9.39. The SMILES string of the molecule is O=C(Nc1nc(-c2cccc3ccccc23)cs1)c1ccc(-c2ccc(Cl)c(Cl)c2)o1. The Bertz CT molecular complexity index is 1420. The summed E-state index contributed by atoms with van der Waals surface area (Å²) in [5.74, 6) is 0.340. The second kappa shape index (κ2) is 8.19. The van der Waals surface area contributed by atoms with Crippen LogP contribution in [-0.2, 0) is 0 Å². The molecular formula is C24H14Cl2N2O2S. The van der Waals surface area contributed by atoms with Gasteiger partial charge >= 0.3 is 0 Å². The van der Waals surface area contributed by atoms with E-state index in [2.05, 4.69) is 28.5 Å². The van der Waals surface area contributed by atoms with Crippen molar-refractivity contribution in [3.63, 3.8) is 0 Å². The average molecular weight is 465 g/mol. The Labute approximate surface area is 192 Å². The summed E-state index contributed by atoms with van der Waals surface area (Å²) in [6.07, 6.45) is 0. The van der Waals surface area contributed by atoms with E-state index in [0.29, 0.717) is 20.9 Å². The van der Waals surface area contributed by atoms with Crippen molar-refractivity contribution in [3.8, 4) is 22.6 Å². The van der Waals surface area contributed by atoms with Crippen molar-refractivity contribution in [1.82, 2.24) is 4.98 Å². The zero-order chi connectivity index (χ0) is 21.4. The zero-order valence-corrected chi connectivity index (χ0v) is 18.3. The van der Waals surface area contributed by atoms with Gasteiger partial charge in [-0.05, 0) is 41.1 Å². The molecule has 1 amide bonds. The van der Waals surface area contributed by atoms with Crippen LogP contribution in [0.1, 0.15) is 10.6 Å². The molecule has 0 aliphatic heterocycles. The van der Waals surface area contributed by atoms with Crippen LogP contribution in [0.5, 0.6) is 0 Å². The zero-order valence-electron chi connectivity index (χ0n) is 15.9. The molecule has 3 aromatic carbocycles. The monoisotopic (exact) mass is 464 g/mol. The van der Waals surface area contributed by atoms with E-state index in [1.807, 2.05) is 29.6 Å². The van der Waals surface area contributed by atoms with Gasteiger partial charge in [-0.1, -0.05) is 65.7 Å². The Morgan fingerprint density at radius 3 is 2.65 bits per heavy atom. The van der Waals surface area contributed by atoms with E-state index in [4.69, 9.17) is 27.6 Å². The highest BCUT2D eigenvalue weighted by Gasteiger charge is 2.16. The van der Waals surface area contributed by atoms with E-state index >= 15 is 0 Å². The van der Waals surface area contributed by atoms with Crippen LogP contribution in [0.25, 0.3) is 33.4 Å². The van der Waals surface area contributed by atoms with Gasteiger partial charge in [0.2, 0.25) is 0 Å². The summed E-state index contributed by atoms with van der Waals surface area (Å²) >= 11 is 13.4. The molecule has 2 heterocycles. The number of halogens is 2. The molecule has 0 saturated carbocycles. The minimum absolute atomic E-state index is 0.183. The number of benzene rings is 3. The average Bonchev–Trinajstić information content (AvgIpc) is 3.45. The first-order valence-corrected chi connectivity index (χ1v) is 11.0. The number of rotatable bonds is 4. The smallest absolute Gasteiger partial charge is 0.293 e. The second-order valence-electron chi connectivity index (χ2n) is 6.81. The normalized spacial score (nSPS) is 11.0. The maximum Gasteiger partial charge on any atom is 0.293 e. The largest absolute Gasteiger partial charge is 0.451 e. The van der Waals surface area contributed by atoms with Crippen LogP contribution < -0.4 is 5.32 Å². The predicted molar refractivity (Wildman–Crippen MR) is 127 cm³/mol. The molecule has 0 spiro atoms. The number of furan rings is 1. The number of carbonyl (C=O) groups excluding carboxylic acids is 1. The van der Waals surface area contributed by atoms with Gasteiger partial charge < -0.3 is 4.42 Å². The molecule has 152 valence electrons. The van der Waals surface area contributed by atoms with Crippen LogP contribution in [-0.4, -0.2) is 10.9 Å². The number of nitrogens with zero attached hydrogens (tertiary/aromatic N) is 1. The van der Waals surface area contributed by atoms with Crippen molar-refractivity contribution >= 4 is 56.3 Å². The lowest BCUT2D eigenvalue weighted by Gasteiger charge is -2.03. The molecule has 0 unspecified atom stereocenters. The summed E-state index contributed by atoms with van der Waals surface area (Å²) in [7, 11) is 0. The molecular weight excluding hydrogens is 451 g/mol. The van der Waals surface area contributed by atoms with E-state index in [-0.39, 0.29) is 11.7 Å². The summed E-state index contributed by atoms with van der Waals surface area (Å²) in [5, 5.41) is 8.38. The van der Waals surface area contributed by atoms with Crippen molar-refractivity contribution in [2.24, 2.45) is 0 Å². The third-order valence-corrected chi connectivity index (χ3v) is 6.32. The molecule has 0 fully saturated rings. The predicted octanol–water partition coefficient (Wildman–Crippen LogP) is 7.78. The van der Waals surface area contributed by atoms with Gasteiger partial charge in [-0.2, -0.15) is 0 Å². The number of anilines is 1. The topological polar surface area (TPSA) is 55.1 Å². The van der Waals surface area contributed by atoms with Crippen molar-refractivity contribution in [2.75, 3.05) is 5.32 Å². The fourth-order valence-electron chi connectivity index (χ4n) is 3.33. The Balaban J connectivity index is 1.37. The van der Waals surface area contributed by atoms with Gasteiger partial charge in [0, 0.05) is 16.5 Å². The molecule has 2 aromatic heterocycles. The highest BCUT2D eigenvalue weighted by molar-refractivity contribution is 7.14. The summed E-state index contributed by atoms with van der Waals surface area (Å²) in [4.78, 5) is 17.2. The highest BCUT2D eigenvalue weighted by atomic mass is 35.5. The second-order valence-corrected chi connectivity index (χ2v) is 8.48. The number of amides is 1. The molecule has 4 nitrogen and oxygen atoms in total. The first-order chi connectivity index (χ1) is 15.1. The standard InChI is InChI=1S/C24H14Cl2N2O2S/c25-18-9-8-15(12-19(18)26)21-10-11-22(30-21)23(29)28-24-27-20(13-31-24)17-7-3-5-14-4-1-2-6-16(14)17/h1-13H,(H,27,28,29). The van der Waals surface area contributed by atoms with Gasteiger partial charge in [-0.15, -0.1) is 11.3 Å². The van der Waals surface area contributed by atoms with Crippen LogP contribution in [0.15, 0.2) is 82.6 Å². The number of hydrogen-bond acceptors (Lipinski definition) is 4. The Hall–Kier alpha value is -3.12. The van der Waals surface area contributed by atoms with Gasteiger partial charge in [-0.3, -0.25) is 10.1 Å². The molecule has 0 atom stereocenters. The fraction of sp³-hybridized carbons (Fsp3) is 0. The van der Waals surface area contributed by atoms with Crippen molar-refractivity contribution < 1.29 is 9.21 Å². The van der Waals surface area contributed by atoms with E-state index in [9.17, 15) is 4.79 Å². The maximum absolute atomic E-state index is 12.7. The van der Waals surface area contributed by atoms with Crippen molar-refractivity contribution in [2.45, 2.75) is 0 Å². The molecule has 5 rings (SSSR count). The number of aromatic nitrogens is 1. The van der Waals surface area contributed by atoms with Gasteiger partial charge in [-0.25, -0.2) is 4.98 Å². The number of fused-ring (bicyclic) bond motifs is 1. The first kappa shape index (κ1) is 19.8. The van der Waals surface area contributed by atoms with Crippen molar-refractivity contribution in [1.29, 1.82) is 0 Å². The minimum atomic E-state index is -0.370. The van der Waals surface area contributed by atoms with Crippen LogP contribution in [0.4, 0.5) is 5.13 Å². The third-order valence-electron chi connectivity index (χ3n) is 4.82. The lowest BCUT2D eigenvalue weighted by Crippen LogP contribution is -2.10. The lowest BCUT2D eigenvalue weighted by molar-refractivity contribution is 0.0997. The summed E-state index contributed by atoms with van der Waals surface area (Å²) in [5.41, 5.74) is 2.57. The third kappa shape index (κ3) is 3.95. The maximum atomic E-state index is 12.7. The number of nitrogens with one attached hydrogen (secondary N) is 1. The molecule has 0 aliphatic carbocycles. The van der Waals surface area contributed by atoms with E-state index < -0.39 is 0 Å². The van der Waals surface area contributed by atoms with Crippen LogP contribution in [0.2, 0.25) is 10.0 Å². The quantitative estimate of drug-likeness (QED) is 0.295. The van der Waals surface area contributed by atoms with E-state index in [0.717, 1.165) is 27.6 Å². The van der Waals surface area contributed by atoms with E-state index in [1.165, 1.54) is 11.3 Å². The van der Waals surface area contributed by atoms with Gasteiger partial charge in [0.15, 0.2) is 10.9 Å². The summed E-state index contributed by atoms with van der Waals surface area (Å²) in [6, 6.07) is 22.7. The molecule has 0 radical (unpaired) electrons. The number of thiazole rings is 1. The molecule has 0 aliphatic rings. The molecule has 1 N–H and O–H groups in total. The molecule has 31 heavy (non-hydrogen) atoms. The van der Waals surface area contributed by atoms with E-state index in [1.54, 1.807) is 30.3 Å². The summed E-state index contributed by atoms with van der Waals surface area (Å²) < 4.78 is 5.71. The minimum Gasteiger partial charge on any atom is -0.451 e. The van der Waals surface area contributed by atoms with Gasteiger partial charge in [0.25, 0.3) is 5.91 Å². The number of hydrogen-bond donors (Lipinski definition) is 1.